The fraction of sp³-hybridized carbons (Fsp3) is 0.500. The number of carbonyl (C=O) groups is 2. The Labute approximate surface area is 172 Å². The highest BCUT2D eigenvalue weighted by Crippen LogP contribution is 2.20. The summed E-state index contributed by atoms with van der Waals surface area (Å²) in [7, 11) is 0. The number of fused-ring (bicyclic) bond motifs is 1. The molecule has 2 aromatic rings. The van der Waals surface area contributed by atoms with Gasteiger partial charge in [-0.25, -0.2) is 4.98 Å². The summed E-state index contributed by atoms with van der Waals surface area (Å²) >= 11 is 3.36. The van der Waals surface area contributed by atoms with Crippen LogP contribution in [0.15, 0.2) is 33.8 Å². The number of hydrogen-bond donors (Lipinski definition) is 0. The van der Waals surface area contributed by atoms with Gasteiger partial charge in [0.25, 0.3) is 5.56 Å². The highest BCUT2D eigenvalue weighted by Gasteiger charge is 2.29. The standard InChI is InChI=1S/C20H25BrN4O3/c1-3-23(4-2)19(27)14-7-9-24(10-8-14)18(26)12-25-13-22-17-6-5-15(21)11-16(17)20(25)28/h5-6,11,13-14H,3-4,7-10,12H2,1-2H3. The summed E-state index contributed by atoms with van der Waals surface area (Å²) in [6, 6.07) is 5.31. The Balaban J connectivity index is 1.65. The molecule has 3 rings (SSSR count). The van der Waals surface area contributed by atoms with Crippen LogP contribution < -0.4 is 5.56 Å². The molecule has 0 unspecified atom stereocenters. The molecule has 150 valence electrons. The number of carbonyl (C=O) groups excluding carboxylic acids is 2. The lowest BCUT2D eigenvalue weighted by molar-refractivity contribution is -0.140. The topological polar surface area (TPSA) is 75.5 Å². The molecule has 0 atom stereocenters. The van der Waals surface area contributed by atoms with Gasteiger partial charge < -0.3 is 9.80 Å². The number of likely N-dealkylation sites (tertiary alicyclic amines) is 1. The zero-order valence-corrected chi connectivity index (χ0v) is 17.8. The van der Waals surface area contributed by atoms with Crippen molar-refractivity contribution in [2.24, 2.45) is 5.92 Å². The normalized spacial score (nSPS) is 15.0. The Morgan fingerprint density at radius 1 is 1.21 bits per heavy atom. The first-order valence-corrected chi connectivity index (χ1v) is 10.4. The van der Waals surface area contributed by atoms with Crippen molar-refractivity contribution >= 4 is 38.6 Å². The Morgan fingerprint density at radius 2 is 1.89 bits per heavy atom. The van der Waals surface area contributed by atoms with Gasteiger partial charge in [0, 0.05) is 36.6 Å². The molecule has 0 aliphatic carbocycles. The van der Waals surface area contributed by atoms with E-state index in [9.17, 15) is 14.4 Å². The third-order valence-electron chi connectivity index (χ3n) is 5.36. The molecule has 1 saturated heterocycles. The van der Waals surface area contributed by atoms with E-state index in [2.05, 4.69) is 20.9 Å². The molecule has 1 aromatic carbocycles. The van der Waals surface area contributed by atoms with E-state index < -0.39 is 0 Å². The van der Waals surface area contributed by atoms with Crippen molar-refractivity contribution in [3.05, 3.63) is 39.4 Å². The van der Waals surface area contributed by atoms with E-state index in [-0.39, 0.29) is 29.8 Å². The van der Waals surface area contributed by atoms with Gasteiger partial charge in [0.2, 0.25) is 11.8 Å². The van der Waals surface area contributed by atoms with E-state index in [0.717, 1.165) is 4.47 Å². The zero-order chi connectivity index (χ0) is 20.3. The quantitative estimate of drug-likeness (QED) is 0.702. The number of rotatable bonds is 5. The minimum atomic E-state index is -0.230. The van der Waals surface area contributed by atoms with Crippen LogP contribution in [0.2, 0.25) is 0 Å². The molecule has 8 heteroatoms. The van der Waals surface area contributed by atoms with Crippen LogP contribution in [0.1, 0.15) is 26.7 Å². The Morgan fingerprint density at radius 3 is 2.54 bits per heavy atom. The van der Waals surface area contributed by atoms with E-state index >= 15 is 0 Å². The van der Waals surface area contributed by atoms with Gasteiger partial charge >= 0.3 is 0 Å². The largest absolute Gasteiger partial charge is 0.343 e. The van der Waals surface area contributed by atoms with Crippen molar-refractivity contribution in [2.45, 2.75) is 33.2 Å². The molecular weight excluding hydrogens is 424 g/mol. The monoisotopic (exact) mass is 448 g/mol. The van der Waals surface area contributed by atoms with E-state index in [1.54, 1.807) is 17.0 Å². The molecule has 1 aliphatic heterocycles. The summed E-state index contributed by atoms with van der Waals surface area (Å²) < 4.78 is 2.15. The predicted molar refractivity (Wildman–Crippen MR) is 111 cm³/mol. The van der Waals surface area contributed by atoms with Crippen molar-refractivity contribution in [2.75, 3.05) is 26.2 Å². The lowest BCUT2D eigenvalue weighted by Crippen LogP contribution is -2.45. The summed E-state index contributed by atoms with van der Waals surface area (Å²) in [6.07, 6.45) is 2.75. The summed E-state index contributed by atoms with van der Waals surface area (Å²) in [4.78, 5) is 45.7. The SMILES string of the molecule is CCN(CC)C(=O)C1CCN(C(=O)Cn2cnc3ccc(Br)cc3c2=O)CC1. The zero-order valence-electron chi connectivity index (χ0n) is 16.2. The molecule has 2 amide bonds. The molecule has 0 spiro atoms. The lowest BCUT2D eigenvalue weighted by Gasteiger charge is -2.33. The molecule has 0 N–H and O–H groups in total. The Bertz CT molecular complexity index is 931. The predicted octanol–water partition coefficient (Wildman–Crippen LogP) is 2.27. The fourth-order valence-corrected chi connectivity index (χ4v) is 4.02. The second kappa shape index (κ2) is 8.86. The van der Waals surface area contributed by atoms with Gasteiger partial charge in [0.1, 0.15) is 6.54 Å². The van der Waals surface area contributed by atoms with Gasteiger partial charge in [0.05, 0.1) is 17.2 Å². The maximum Gasteiger partial charge on any atom is 0.261 e. The van der Waals surface area contributed by atoms with Crippen molar-refractivity contribution in [1.82, 2.24) is 19.4 Å². The molecule has 1 aliphatic rings. The number of hydrogen-bond acceptors (Lipinski definition) is 4. The number of halogens is 1. The molecule has 1 fully saturated rings. The Hall–Kier alpha value is -2.22. The number of benzene rings is 1. The van der Waals surface area contributed by atoms with Crippen molar-refractivity contribution in [1.29, 1.82) is 0 Å². The van der Waals surface area contributed by atoms with Gasteiger partial charge in [0.15, 0.2) is 0 Å². The molecule has 0 radical (unpaired) electrons. The van der Waals surface area contributed by atoms with Crippen molar-refractivity contribution in [3.8, 4) is 0 Å². The highest BCUT2D eigenvalue weighted by atomic mass is 79.9. The van der Waals surface area contributed by atoms with Crippen molar-refractivity contribution in [3.63, 3.8) is 0 Å². The van der Waals surface area contributed by atoms with Crippen LogP contribution >= 0.6 is 15.9 Å². The van der Waals surface area contributed by atoms with E-state index in [1.165, 1.54) is 10.9 Å². The second-order valence-corrected chi connectivity index (χ2v) is 7.92. The first kappa shape index (κ1) is 20.5. The van der Waals surface area contributed by atoms with E-state index in [4.69, 9.17) is 0 Å². The molecule has 0 saturated carbocycles. The van der Waals surface area contributed by atoms with Crippen LogP contribution in [-0.4, -0.2) is 57.3 Å². The third-order valence-corrected chi connectivity index (χ3v) is 5.86. The molecular formula is C20H25BrN4O3. The fourth-order valence-electron chi connectivity index (χ4n) is 3.66. The van der Waals surface area contributed by atoms with Gasteiger partial charge in [-0.1, -0.05) is 15.9 Å². The number of nitrogens with zero attached hydrogens (tertiary/aromatic N) is 4. The van der Waals surface area contributed by atoms with Gasteiger partial charge in [-0.3, -0.25) is 19.0 Å². The maximum atomic E-state index is 12.7. The van der Waals surface area contributed by atoms with Gasteiger partial charge in [-0.2, -0.15) is 0 Å². The average molecular weight is 449 g/mol. The van der Waals surface area contributed by atoms with E-state index in [0.29, 0.717) is 49.9 Å². The average Bonchev–Trinajstić information content (AvgIpc) is 2.71. The molecule has 1 aromatic heterocycles. The summed E-state index contributed by atoms with van der Waals surface area (Å²) in [6.45, 7) is 6.42. The second-order valence-electron chi connectivity index (χ2n) is 7.00. The number of amides is 2. The smallest absolute Gasteiger partial charge is 0.261 e. The summed E-state index contributed by atoms with van der Waals surface area (Å²) in [5.41, 5.74) is 0.374. The maximum absolute atomic E-state index is 12.7. The van der Waals surface area contributed by atoms with Crippen LogP contribution in [0.5, 0.6) is 0 Å². The van der Waals surface area contributed by atoms with Gasteiger partial charge in [-0.15, -0.1) is 0 Å². The summed E-state index contributed by atoms with van der Waals surface area (Å²) in [5, 5.41) is 0.480. The minimum absolute atomic E-state index is 0.0219. The Kier molecular flexibility index (Phi) is 6.49. The first-order valence-electron chi connectivity index (χ1n) is 9.65. The van der Waals surface area contributed by atoms with E-state index in [1.807, 2.05) is 24.8 Å². The van der Waals surface area contributed by atoms with Crippen LogP contribution in [0.25, 0.3) is 10.9 Å². The molecule has 0 bridgehead atoms. The first-order chi connectivity index (χ1) is 13.4. The molecule has 2 heterocycles. The number of aromatic nitrogens is 2. The summed E-state index contributed by atoms with van der Waals surface area (Å²) in [5.74, 6) is 0.0379. The van der Waals surface area contributed by atoms with Crippen LogP contribution in [0, 0.1) is 5.92 Å². The lowest BCUT2D eigenvalue weighted by atomic mass is 9.95. The third kappa shape index (κ3) is 4.27. The van der Waals surface area contributed by atoms with Crippen molar-refractivity contribution < 1.29 is 9.59 Å². The minimum Gasteiger partial charge on any atom is -0.343 e. The molecule has 28 heavy (non-hydrogen) atoms. The molecule has 7 nitrogen and oxygen atoms in total. The van der Waals surface area contributed by atoms with Crippen LogP contribution in [-0.2, 0) is 16.1 Å². The van der Waals surface area contributed by atoms with Gasteiger partial charge in [-0.05, 0) is 44.9 Å². The number of piperidine rings is 1. The van der Waals surface area contributed by atoms with Crippen LogP contribution in [0.3, 0.4) is 0 Å². The van der Waals surface area contributed by atoms with Crippen LogP contribution in [0.4, 0.5) is 0 Å². The highest BCUT2D eigenvalue weighted by molar-refractivity contribution is 9.10.